The van der Waals surface area contributed by atoms with E-state index in [4.69, 9.17) is 4.74 Å². The summed E-state index contributed by atoms with van der Waals surface area (Å²) in [7, 11) is 1.52. The van der Waals surface area contributed by atoms with Gasteiger partial charge in [-0.2, -0.15) is 0 Å². The van der Waals surface area contributed by atoms with E-state index in [1.54, 1.807) is 29.4 Å². The van der Waals surface area contributed by atoms with E-state index in [0.717, 1.165) is 25.1 Å². The Morgan fingerprint density at radius 1 is 1.45 bits per heavy atom. The summed E-state index contributed by atoms with van der Waals surface area (Å²) < 4.78 is 5.06. The number of carbonyl (C=O) groups excluding carboxylic acids is 1. The van der Waals surface area contributed by atoms with Gasteiger partial charge in [0.25, 0.3) is 5.91 Å². The van der Waals surface area contributed by atoms with E-state index in [9.17, 15) is 9.90 Å². The summed E-state index contributed by atoms with van der Waals surface area (Å²) in [6.45, 7) is 0.662. The summed E-state index contributed by atoms with van der Waals surface area (Å²) in [5.74, 6) is 1.07. The molecule has 2 heterocycles. The smallest absolute Gasteiger partial charge is 0.258 e. The highest BCUT2D eigenvalue weighted by molar-refractivity contribution is 5.97. The lowest BCUT2D eigenvalue weighted by Gasteiger charge is -2.34. The Kier molecular flexibility index (Phi) is 4.00. The number of phenols is 1. The fourth-order valence-electron chi connectivity index (χ4n) is 2.89. The third kappa shape index (κ3) is 2.64. The minimum absolute atomic E-state index is 0.0619. The quantitative estimate of drug-likeness (QED) is 0.913. The number of ether oxygens (including phenoxy) is 1. The van der Waals surface area contributed by atoms with E-state index in [-0.39, 0.29) is 17.7 Å². The number of phenolic OH excluding ortho intramolecular Hbond substituents is 1. The Morgan fingerprint density at radius 3 is 3.00 bits per heavy atom. The molecule has 0 saturated carbocycles. The number of aromatic hydroxyl groups is 1. The van der Waals surface area contributed by atoms with E-state index in [1.807, 2.05) is 0 Å². The monoisotopic (exact) mass is 301 g/mol. The van der Waals surface area contributed by atoms with Crippen molar-refractivity contribution in [1.82, 2.24) is 14.9 Å². The molecule has 3 rings (SSSR count). The number of methoxy groups -OCH3 is 1. The van der Waals surface area contributed by atoms with Crippen molar-refractivity contribution < 1.29 is 14.6 Å². The van der Waals surface area contributed by atoms with Crippen LogP contribution < -0.4 is 4.74 Å². The molecule has 1 aromatic carbocycles. The van der Waals surface area contributed by atoms with Crippen LogP contribution in [-0.4, -0.2) is 39.5 Å². The van der Waals surface area contributed by atoms with E-state index in [1.165, 1.54) is 13.2 Å². The van der Waals surface area contributed by atoms with E-state index in [2.05, 4.69) is 9.97 Å². The first-order valence-electron chi connectivity index (χ1n) is 7.38. The van der Waals surface area contributed by atoms with Crippen LogP contribution in [0.15, 0.2) is 30.6 Å². The lowest BCUT2D eigenvalue weighted by Crippen LogP contribution is -2.39. The normalized spacial score (nSPS) is 18.2. The standard InChI is InChI=1S/C16H19N3O3/c1-22-11-5-6-12(14(20)10-11)16(21)19-9-3-2-4-13(19)15-17-7-8-18-15/h5-8,10,13,20H,2-4,9H2,1H3,(H,17,18)/t13-/m0/s1. The number of H-pyrrole nitrogens is 1. The molecule has 1 saturated heterocycles. The minimum atomic E-state index is -0.179. The van der Waals surface area contributed by atoms with Gasteiger partial charge in [-0.25, -0.2) is 4.98 Å². The molecule has 2 N–H and O–H groups in total. The predicted octanol–water partition coefficient (Wildman–Crippen LogP) is 2.49. The Morgan fingerprint density at radius 2 is 2.32 bits per heavy atom. The fourth-order valence-corrected chi connectivity index (χ4v) is 2.89. The minimum Gasteiger partial charge on any atom is -0.507 e. The summed E-state index contributed by atoms with van der Waals surface area (Å²) in [6, 6.07) is 4.67. The first-order chi connectivity index (χ1) is 10.7. The Bertz CT molecular complexity index is 655. The maximum absolute atomic E-state index is 12.8. The fraction of sp³-hybridized carbons (Fsp3) is 0.375. The second-order valence-corrected chi connectivity index (χ2v) is 5.37. The van der Waals surface area contributed by atoms with Gasteiger partial charge >= 0.3 is 0 Å². The molecule has 0 spiro atoms. The Balaban J connectivity index is 1.89. The van der Waals surface area contributed by atoms with Crippen LogP contribution in [0.25, 0.3) is 0 Å². The van der Waals surface area contributed by atoms with Crippen LogP contribution in [0.1, 0.15) is 41.5 Å². The van der Waals surface area contributed by atoms with Crippen LogP contribution in [0.2, 0.25) is 0 Å². The van der Waals surface area contributed by atoms with Gasteiger partial charge in [-0.05, 0) is 31.4 Å². The van der Waals surface area contributed by atoms with Gasteiger partial charge in [-0.1, -0.05) is 0 Å². The van der Waals surface area contributed by atoms with Gasteiger partial charge in [0.1, 0.15) is 17.3 Å². The largest absolute Gasteiger partial charge is 0.507 e. The molecule has 2 aromatic rings. The van der Waals surface area contributed by atoms with Crippen molar-refractivity contribution in [2.24, 2.45) is 0 Å². The van der Waals surface area contributed by atoms with Crippen molar-refractivity contribution in [3.8, 4) is 11.5 Å². The third-order valence-corrected chi connectivity index (χ3v) is 4.03. The summed E-state index contributed by atoms with van der Waals surface area (Å²) in [5, 5.41) is 10.1. The van der Waals surface area contributed by atoms with Gasteiger partial charge in [-0.15, -0.1) is 0 Å². The first kappa shape index (κ1) is 14.4. The Labute approximate surface area is 128 Å². The number of aromatic nitrogens is 2. The van der Waals surface area contributed by atoms with Crippen molar-refractivity contribution in [3.05, 3.63) is 42.0 Å². The molecule has 1 fully saturated rings. The molecular formula is C16H19N3O3. The van der Waals surface area contributed by atoms with Crippen molar-refractivity contribution in [2.45, 2.75) is 25.3 Å². The van der Waals surface area contributed by atoms with E-state index >= 15 is 0 Å². The number of likely N-dealkylation sites (tertiary alicyclic amines) is 1. The number of aromatic amines is 1. The summed E-state index contributed by atoms with van der Waals surface area (Å²) in [4.78, 5) is 22.0. The average Bonchev–Trinajstić information content (AvgIpc) is 3.08. The lowest BCUT2D eigenvalue weighted by molar-refractivity contribution is 0.0598. The zero-order valence-corrected chi connectivity index (χ0v) is 12.5. The van der Waals surface area contributed by atoms with Crippen molar-refractivity contribution in [2.75, 3.05) is 13.7 Å². The molecule has 0 aliphatic carbocycles. The van der Waals surface area contributed by atoms with Crippen molar-refractivity contribution >= 4 is 5.91 Å². The molecule has 1 atom stereocenters. The van der Waals surface area contributed by atoms with Crippen LogP contribution in [0.4, 0.5) is 0 Å². The number of hydrogen-bond acceptors (Lipinski definition) is 4. The van der Waals surface area contributed by atoms with Gasteiger partial charge in [0.2, 0.25) is 0 Å². The number of amides is 1. The molecule has 0 radical (unpaired) electrons. The molecule has 1 aromatic heterocycles. The first-order valence-corrected chi connectivity index (χ1v) is 7.38. The van der Waals surface area contributed by atoms with Crippen LogP contribution in [0.5, 0.6) is 11.5 Å². The molecular weight excluding hydrogens is 282 g/mol. The molecule has 1 aliphatic heterocycles. The average molecular weight is 301 g/mol. The van der Waals surface area contributed by atoms with Gasteiger partial charge in [0.15, 0.2) is 0 Å². The van der Waals surface area contributed by atoms with E-state index in [0.29, 0.717) is 17.9 Å². The number of carbonyl (C=O) groups is 1. The highest BCUT2D eigenvalue weighted by atomic mass is 16.5. The zero-order chi connectivity index (χ0) is 15.5. The molecule has 22 heavy (non-hydrogen) atoms. The molecule has 1 aliphatic rings. The molecule has 116 valence electrons. The maximum atomic E-state index is 12.8. The highest BCUT2D eigenvalue weighted by Gasteiger charge is 2.31. The molecule has 1 amide bonds. The predicted molar refractivity (Wildman–Crippen MR) is 80.9 cm³/mol. The summed E-state index contributed by atoms with van der Waals surface area (Å²) >= 11 is 0. The van der Waals surface area contributed by atoms with Gasteiger partial charge in [-0.3, -0.25) is 4.79 Å². The zero-order valence-electron chi connectivity index (χ0n) is 12.5. The second kappa shape index (κ2) is 6.09. The Hall–Kier alpha value is -2.50. The van der Waals surface area contributed by atoms with Crippen LogP contribution in [0.3, 0.4) is 0 Å². The highest BCUT2D eigenvalue weighted by Crippen LogP contribution is 2.32. The maximum Gasteiger partial charge on any atom is 0.258 e. The second-order valence-electron chi connectivity index (χ2n) is 5.37. The van der Waals surface area contributed by atoms with Crippen LogP contribution >= 0.6 is 0 Å². The molecule has 6 heteroatoms. The van der Waals surface area contributed by atoms with Gasteiger partial charge < -0.3 is 19.7 Å². The molecule has 0 bridgehead atoms. The van der Waals surface area contributed by atoms with Crippen molar-refractivity contribution in [1.29, 1.82) is 0 Å². The van der Waals surface area contributed by atoms with Crippen LogP contribution in [0, 0.1) is 0 Å². The topological polar surface area (TPSA) is 78.5 Å². The van der Waals surface area contributed by atoms with Gasteiger partial charge in [0.05, 0.1) is 18.7 Å². The summed E-state index contributed by atoms with van der Waals surface area (Å²) in [5.41, 5.74) is 0.291. The third-order valence-electron chi connectivity index (χ3n) is 4.03. The number of hydrogen-bond donors (Lipinski definition) is 2. The summed E-state index contributed by atoms with van der Waals surface area (Å²) in [6.07, 6.45) is 6.34. The molecule has 0 unspecified atom stereocenters. The number of rotatable bonds is 3. The number of imidazole rings is 1. The number of nitrogens with one attached hydrogen (secondary N) is 1. The van der Waals surface area contributed by atoms with Gasteiger partial charge in [0, 0.05) is 25.0 Å². The molecule has 6 nitrogen and oxygen atoms in total. The number of nitrogens with zero attached hydrogens (tertiary/aromatic N) is 2. The van der Waals surface area contributed by atoms with Crippen LogP contribution in [-0.2, 0) is 0 Å². The number of piperidine rings is 1. The SMILES string of the molecule is COc1ccc(C(=O)N2CCCC[C@H]2c2ncc[nH]2)c(O)c1. The van der Waals surface area contributed by atoms with E-state index < -0.39 is 0 Å². The van der Waals surface area contributed by atoms with Crippen molar-refractivity contribution in [3.63, 3.8) is 0 Å². The number of benzene rings is 1. The lowest BCUT2D eigenvalue weighted by atomic mass is 10.00.